The lowest BCUT2D eigenvalue weighted by atomic mass is 10.1. The smallest absolute Gasteiger partial charge is 0.367 e. The van der Waals surface area contributed by atoms with Gasteiger partial charge in [0, 0.05) is 26.2 Å². The Morgan fingerprint density at radius 1 is 0.829 bits per heavy atom. The maximum absolute atomic E-state index is 13.3. The number of anilines is 2. The zero-order valence-corrected chi connectivity index (χ0v) is 18.3. The normalized spacial score (nSPS) is 16.0. The molecule has 1 fully saturated rings. The van der Waals surface area contributed by atoms with Crippen LogP contribution in [0.5, 0.6) is 0 Å². The predicted octanol–water partition coefficient (Wildman–Crippen LogP) is 3.86. The van der Waals surface area contributed by atoms with Crippen molar-refractivity contribution < 1.29 is 27.6 Å². The van der Waals surface area contributed by atoms with Gasteiger partial charge in [0.25, 0.3) is 17.7 Å². The molecule has 5 rings (SSSR count). The summed E-state index contributed by atoms with van der Waals surface area (Å²) in [6.07, 6.45) is -3.13. The van der Waals surface area contributed by atoms with Gasteiger partial charge in [-0.2, -0.15) is 13.2 Å². The zero-order valence-electron chi connectivity index (χ0n) is 18.3. The third-order valence-electron chi connectivity index (χ3n) is 6.12. The predicted molar refractivity (Wildman–Crippen MR) is 121 cm³/mol. The van der Waals surface area contributed by atoms with E-state index in [1.54, 1.807) is 36.4 Å². The highest BCUT2D eigenvalue weighted by atomic mass is 19.4. The van der Waals surface area contributed by atoms with Crippen LogP contribution >= 0.6 is 0 Å². The van der Waals surface area contributed by atoms with Gasteiger partial charge in [-0.1, -0.05) is 30.3 Å². The van der Waals surface area contributed by atoms with Crippen LogP contribution in [0.15, 0.2) is 66.9 Å². The van der Waals surface area contributed by atoms with Crippen molar-refractivity contribution in [2.45, 2.75) is 6.18 Å². The van der Waals surface area contributed by atoms with Crippen molar-refractivity contribution in [1.82, 2.24) is 9.88 Å². The fourth-order valence-electron chi connectivity index (χ4n) is 4.35. The molecule has 0 N–H and O–H groups in total. The minimum atomic E-state index is -4.62. The lowest BCUT2D eigenvalue weighted by Crippen LogP contribution is -2.49. The van der Waals surface area contributed by atoms with Gasteiger partial charge >= 0.3 is 6.18 Å². The van der Waals surface area contributed by atoms with Crippen LogP contribution < -0.4 is 9.80 Å². The van der Waals surface area contributed by atoms with Crippen molar-refractivity contribution in [3.63, 3.8) is 0 Å². The Morgan fingerprint density at radius 3 is 2.17 bits per heavy atom. The molecule has 178 valence electrons. The topological polar surface area (TPSA) is 73.8 Å². The van der Waals surface area contributed by atoms with Crippen molar-refractivity contribution in [3.8, 4) is 0 Å². The van der Waals surface area contributed by atoms with E-state index in [4.69, 9.17) is 0 Å². The second-order valence-corrected chi connectivity index (χ2v) is 8.19. The number of carbonyl (C=O) groups is 3. The molecule has 0 radical (unpaired) electrons. The number of piperazine rings is 1. The summed E-state index contributed by atoms with van der Waals surface area (Å²) in [6, 6.07) is 14.9. The summed E-state index contributed by atoms with van der Waals surface area (Å²) in [7, 11) is 0. The first kappa shape index (κ1) is 22.6. The number of alkyl halides is 3. The van der Waals surface area contributed by atoms with E-state index in [-0.39, 0.29) is 29.9 Å². The molecule has 0 unspecified atom stereocenters. The SMILES string of the molecule is O=C(c1ccccc1C(F)(F)F)N1CCN(c2cnc3c(c2)C(=O)N(c2ccccc2)C3=O)CC1. The first-order valence-electron chi connectivity index (χ1n) is 10.9. The van der Waals surface area contributed by atoms with Crippen molar-refractivity contribution in [2.75, 3.05) is 36.0 Å². The third kappa shape index (κ3) is 4.01. The molecular formula is C25H19F3N4O3. The Bertz CT molecular complexity index is 1320. The zero-order chi connectivity index (χ0) is 24.7. The summed E-state index contributed by atoms with van der Waals surface area (Å²) in [5.74, 6) is -1.64. The molecule has 0 atom stereocenters. The van der Waals surface area contributed by atoms with E-state index in [1.807, 2.05) is 4.90 Å². The van der Waals surface area contributed by atoms with E-state index in [2.05, 4.69) is 4.98 Å². The highest BCUT2D eigenvalue weighted by Crippen LogP contribution is 2.33. The molecule has 1 saturated heterocycles. The van der Waals surface area contributed by atoms with E-state index < -0.39 is 29.5 Å². The monoisotopic (exact) mass is 480 g/mol. The second kappa shape index (κ2) is 8.53. The Kier molecular flexibility index (Phi) is 5.50. The molecule has 2 aliphatic heterocycles. The van der Waals surface area contributed by atoms with Crippen molar-refractivity contribution in [2.24, 2.45) is 0 Å². The Morgan fingerprint density at radius 2 is 1.49 bits per heavy atom. The Balaban J connectivity index is 1.31. The van der Waals surface area contributed by atoms with E-state index in [0.717, 1.165) is 11.0 Å². The minimum absolute atomic E-state index is 0.0696. The number of amides is 3. The van der Waals surface area contributed by atoms with Crippen LogP contribution in [-0.4, -0.2) is 53.8 Å². The van der Waals surface area contributed by atoms with E-state index >= 15 is 0 Å². The molecular weight excluding hydrogens is 461 g/mol. The number of rotatable bonds is 3. The summed E-state index contributed by atoms with van der Waals surface area (Å²) >= 11 is 0. The van der Waals surface area contributed by atoms with Crippen LogP contribution in [0.1, 0.15) is 36.8 Å². The number of para-hydroxylation sites is 1. The molecule has 3 heterocycles. The number of aromatic nitrogens is 1. The molecule has 10 heteroatoms. The third-order valence-corrected chi connectivity index (χ3v) is 6.12. The van der Waals surface area contributed by atoms with Gasteiger partial charge in [-0.15, -0.1) is 0 Å². The first-order chi connectivity index (χ1) is 16.8. The number of benzene rings is 2. The standard InChI is InChI=1S/C25H19F3N4O3/c26-25(27,28)20-9-5-4-8-18(20)22(33)31-12-10-30(11-13-31)17-14-19-21(29-15-17)24(35)32(23(19)34)16-6-2-1-3-7-16/h1-9,14-15H,10-13H2. The van der Waals surface area contributed by atoms with Gasteiger partial charge in [-0.05, 0) is 30.3 Å². The highest BCUT2D eigenvalue weighted by molar-refractivity contribution is 6.33. The lowest BCUT2D eigenvalue weighted by molar-refractivity contribution is -0.138. The van der Waals surface area contributed by atoms with Crippen LogP contribution in [0.3, 0.4) is 0 Å². The van der Waals surface area contributed by atoms with Crippen LogP contribution in [-0.2, 0) is 6.18 Å². The van der Waals surface area contributed by atoms with Gasteiger partial charge < -0.3 is 9.80 Å². The molecule has 2 aliphatic rings. The number of carbonyl (C=O) groups excluding carboxylic acids is 3. The number of hydrogen-bond donors (Lipinski definition) is 0. The Hall–Kier alpha value is -4.21. The summed E-state index contributed by atoms with van der Waals surface area (Å²) < 4.78 is 40.0. The van der Waals surface area contributed by atoms with Gasteiger partial charge in [0.2, 0.25) is 0 Å². The second-order valence-electron chi connectivity index (χ2n) is 8.19. The summed E-state index contributed by atoms with van der Waals surface area (Å²) in [6.45, 7) is 1.08. The van der Waals surface area contributed by atoms with Gasteiger partial charge in [-0.3, -0.25) is 14.4 Å². The van der Waals surface area contributed by atoms with Crippen LogP contribution in [0, 0.1) is 0 Å². The van der Waals surface area contributed by atoms with Gasteiger partial charge in [0.1, 0.15) is 5.69 Å². The largest absolute Gasteiger partial charge is 0.417 e. The number of halogens is 3. The molecule has 7 nitrogen and oxygen atoms in total. The fourth-order valence-corrected chi connectivity index (χ4v) is 4.35. The van der Waals surface area contributed by atoms with Gasteiger partial charge in [-0.25, -0.2) is 9.88 Å². The molecule has 1 aromatic heterocycles. The number of nitrogens with zero attached hydrogens (tertiary/aromatic N) is 4. The summed E-state index contributed by atoms with van der Waals surface area (Å²) in [5, 5.41) is 0. The minimum Gasteiger partial charge on any atom is -0.367 e. The summed E-state index contributed by atoms with van der Waals surface area (Å²) in [5.41, 5.74) is -0.0239. The molecule has 2 aromatic carbocycles. The van der Waals surface area contributed by atoms with Crippen LogP contribution in [0.4, 0.5) is 24.5 Å². The Labute approximate surface area is 198 Å². The maximum atomic E-state index is 13.3. The van der Waals surface area contributed by atoms with Gasteiger partial charge in [0.15, 0.2) is 0 Å². The maximum Gasteiger partial charge on any atom is 0.417 e. The first-order valence-corrected chi connectivity index (χ1v) is 10.9. The molecule has 0 aliphatic carbocycles. The van der Waals surface area contributed by atoms with E-state index in [0.29, 0.717) is 24.5 Å². The van der Waals surface area contributed by atoms with Crippen molar-refractivity contribution >= 4 is 29.1 Å². The average molecular weight is 480 g/mol. The molecule has 0 bridgehead atoms. The van der Waals surface area contributed by atoms with Crippen LogP contribution in [0.25, 0.3) is 0 Å². The number of hydrogen-bond acceptors (Lipinski definition) is 5. The number of pyridine rings is 1. The summed E-state index contributed by atoms with van der Waals surface area (Å²) in [4.78, 5) is 47.1. The fraction of sp³-hybridized carbons (Fsp3) is 0.200. The van der Waals surface area contributed by atoms with Crippen molar-refractivity contribution in [1.29, 1.82) is 0 Å². The number of fused-ring (bicyclic) bond motifs is 1. The number of imide groups is 1. The average Bonchev–Trinajstić information content (AvgIpc) is 3.13. The van der Waals surface area contributed by atoms with E-state index in [1.165, 1.54) is 29.3 Å². The lowest BCUT2D eigenvalue weighted by Gasteiger charge is -2.36. The molecule has 0 saturated carbocycles. The van der Waals surface area contributed by atoms with Crippen molar-refractivity contribution in [3.05, 3.63) is 89.2 Å². The molecule has 35 heavy (non-hydrogen) atoms. The van der Waals surface area contributed by atoms with Crippen LogP contribution in [0.2, 0.25) is 0 Å². The highest BCUT2D eigenvalue weighted by Gasteiger charge is 2.39. The molecule has 3 aromatic rings. The van der Waals surface area contributed by atoms with Gasteiger partial charge in [0.05, 0.1) is 34.3 Å². The molecule has 0 spiro atoms. The van der Waals surface area contributed by atoms with E-state index in [9.17, 15) is 27.6 Å². The molecule has 3 amide bonds. The quantitative estimate of drug-likeness (QED) is 0.533.